The highest BCUT2D eigenvalue weighted by Crippen LogP contribution is 2.15. The molecule has 0 aromatic heterocycles. The molecule has 0 radical (unpaired) electrons. The molecule has 1 amide bonds. The van der Waals surface area contributed by atoms with Crippen LogP contribution in [0.1, 0.15) is 32.6 Å². The predicted octanol–water partition coefficient (Wildman–Crippen LogP) is 3.89. The van der Waals surface area contributed by atoms with Gasteiger partial charge in [0.15, 0.2) is 0 Å². The molecule has 30 heavy (non-hydrogen) atoms. The fraction of sp³-hybridized carbons (Fsp3) is 0.682. The summed E-state index contributed by atoms with van der Waals surface area (Å²) in [6.07, 6.45) is 4.50. The SMILES string of the molecule is CC(=O)Nc1ccc(OCCOCCOCCOCCOCCCCCCCl)cc1. The summed E-state index contributed by atoms with van der Waals surface area (Å²) >= 11 is 5.63. The van der Waals surface area contributed by atoms with Crippen LogP contribution < -0.4 is 10.1 Å². The summed E-state index contributed by atoms with van der Waals surface area (Å²) in [5.41, 5.74) is 0.744. The van der Waals surface area contributed by atoms with Crippen molar-refractivity contribution in [2.24, 2.45) is 0 Å². The molecule has 7 nitrogen and oxygen atoms in total. The van der Waals surface area contributed by atoms with Gasteiger partial charge in [0.2, 0.25) is 5.91 Å². The second-order valence-corrected chi connectivity index (χ2v) is 6.98. The van der Waals surface area contributed by atoms with E-state index in [4.69, 9.17) is 35.3 Å². The maximum absolute atomic E-state index is 11.0. The summed E-state index contributed by atoms with van der Waals surface area (Å²) in [5, 5.41) is 2.71. The Balaban J connectivity index is 1.79. The lowest BCUT2D eigenvalue weighted by atomic mass is 10.2. The van der Waals surface area contributed by atoms with Crippen LogP contribution in [0.2, 0.25) is 0 Å². The first-order valence-corrected chi connectivity index (χ1v) is 11.1. The number of hydrogen-bond acceptors (Lipinski definition) is 6. The summed E-state index contributed by atoms with van der Waals surface area (Å²) in [5.74, 6) is 1.38. The van der Waals surface area contributed by atoms with Crippen LogP contribution in [0.4, 0.5) is 5.69 Å². The Labute approximate surface area is 185 Å². The van der Waals surface area contributed by atoms with Crippen LogP contribution in [0.25, 0.3) is 0 Å². The second-order valence-electron chi connectivity index (χ2n) is 6.61. The van der Waals surface area contributed by atoms with Gasteiger partial charge in [0.1, 0.15) is 12.4 Å². The highest BCUT2D eigenvalue weighted by Gasteiger charge is 1.98. The van der Waals surface area contributed by atoms with E-state index >= 15 is 0 Å². The van der Waals surface area contributed by atoms with Crippen LogP contribution in [-0.2, 0) is 23.7 Å². The number of halogens is 1. The first kappa shape index (κ1) is 26.7. The molecule has 172 valence electrons. The Morgan fingerprint density at radius 2 is 1.23 bits per heavy atom. The number of hydrogen-bond donors (Lipinski definition) is 1. The normalized spacial score (nSPS) is 10.9. The van der Waals surface area contributed by atoms with Crippen molar-refractivity contribution in [3.05, 3.63) is 24.3 Å². The highest BCUT2D eigenvalue weighted by molar-refractivity contribution is 6.17. The third-order valence-corrected chi connectivity index (χ3v) is 4.23. The molecule has 0 bridgehead atoms. The van der Waals surface area contributed by atoms with Crippen LogP contribution in [0.5, 0.6) is 5.75 Å². The number of amides is 1. The molecular formula is C22H36ClNO6. The lowest BCUT2D eigenvalue weighted by Gasteiger charge is -2.09. The monoisotopic (exact) mass is 445 g/mol. The molecule has 0 unspecified atom stereocenters. The number of alkyl halides is 1. The Morgan fingerprint density at radius 1 is 0.733 bits per heavy atom. The zero-order valence-corrected chi connectivity index (χ0v) is 18.8. The molecule has 1 N–H and O–H groups in total. The molecule has 0 fully saturated rings. The van der Waals surface area contributed by atoms with E-state index in [1.54, 1.807) is 12.1 Å². The fourth-order valence-corrected chi connectivity index (χ4v) is 2.66. The van der Waals surface area contributed by atoms with Gasteiger partial charge in [0, 0.05) is 25.1 Å². The second kappa shape index (κ2) is 19.6. The van der Waals surface area contributed by atoms with Gasteiger partial charge in [-0.1, -0.05) is 12.8 Å². The summed E-state index contributed by atoms with van der Waals surface area (Å²) in [7, 11) is 0. The molecule has 0 aliphatic heterocycles. The maximum atomic E-state index is 11.0. The molecule has 1 aromatic carbocycles. The van der Waals surface area contributed by atoms with Gasteiger partial charge in [0.05, 0.1) is 46.2 Å². The topological polar surface area (TPSA) is 75.3 Å². The summed E-state index contributed by atoms with van der Waals surface area (Å²) in [6, 6.07) is 7.21. The lowest BCUT2D eigenvalue weighted by molar-refractivity contribution is -0.114. The molecule has 0 saturated carbocycles. The molecule has 0 spiro atoms. The first-order chi connectivity index (χ1) is 14.7. The molecule has 0 aliphatic carbocycles. The summed E-state index contributed by atoms with van der Waals surface area (Å²) < 4.78 is 27.4. The smallest absolute Gasteiger partial charge is 0.221 e. The van der Waals surface area contributed by atoms with Crippen LogP contribution in [0.15, 0.2) is 24.3 Å². The minimum atomic E-state index is -0.0972. The van der Waals surface area contributed by atoms with Crippen LogP contribution >= 0.6 is 11.6 Å². The van der Waals surface area contributed by atoms with E-state index in [-0.39, 0.29) is 5.91 Å². The summed E-state index contributed by atoms with van der Waals surface area (Å²) in [4.78, 5) is 11.0. The van der Waals surface area contributed by atoms with Gasteiger partial charge in [0.25, 0.3) is 0 Å². The van der Waals surface area contributed by atoms with Crippen molar-refractivity contribution in [2.45, 2.75) is 32.6 Å². The standard InChI is InChI=1S/C22H36ClNO6/c1-20(25)24-21-6-8-22(9-7-21)30-19-18-29-17-16-28-15-14-27-13-12-26-11-5-3-2-4-10-23/h6-9H,2-5,10-19H2,1H3,(H,24,25). The van der Waals surface area contributed by atoms with Crippen molar-refractivity contribution in [3.8, 4) is 5.75 Å². The number of carbonyl (C=O) groups excluding carboxylic acids is 1. The van der Waals surface area contributed by atoms with Crippen LogP contribution in [-0.4, -0.2) is 71.2 Å². The maximum Gasteiger partial charge on any atom is 0.221 e. The van der Waals surface area contributed by atoms with Crippen molar-refractivity contribution < 1.29 is 28.5 Å². The fourth-order valence-electron chi connectivity index (χ4n) is 2.47. The first-order valence-electron chi connectivity index (χ1n) is 10.6. The zero-order valence-electron chi connectivity index (χ0n) is 18.0. The van der Waals surface area contributed by atoms with Gasteiger partial charge in [-0.3, -0.25) is 4.79 Å². The minimum Gasteiger partial charge on any atom is -0.491 e. The Hall–Kier alpha value is -1.38. The third kappa shape index (κ3) is 16.4. The predicted molar refractivity (Wildman–Crippen MR) is 119 cm³/mol. The van der Waals surface area contributed by atoms with Crippen LogP contribution in [0.3, 0.4) is 0 Å². The number of rotatable bonds is 20. The number of unbranched alkanes of at least 4 members (excludes halogenated alkanes) is 3. The van der Waals surface area contributed by atoms with Gasteiger partial charge in [-0.15, -0.1) is 11.6 Å². The minimum absolute atomic E-state index is 0.0972. The molecule has 1 rings (SSSR count). The van der Waals surface area contributed by atoms with Gasteiger partial charge in [-0.2, -0.15) is 0 Å². The molecule has 0 saturated heterocycles. The number of ether oxygens (including phenoxy) is 5. The van der Waals surface area contributed by atoms with Crippen molar-refractivity contribution >= 4 is 23.2 Å². The molecule has 0 aliphatic rings. The molecule has 8 heteroatoms. The number of anilines is 1. The third-order valence-electron chi connectivity index (χ3n) is 3.96. The Bertz CT molecular complexity index is 529. The number of nitrogens with one attached hydrogen (secondary N) is 1. The summed E-state index contributed by atoms with van der Waals surface area (Å²) in [6.45, 7) is 6.53. The molecular weight excluding hydrogens is 410 g/mol. The highest BCUT2D eigenvalue weighted by atomic mass is 35.5. The average Bonchev–Trinajstić information content (AvgIpc) is 2.73. The van der Waals surface area contributed by atoms with E-state index in [1.807, 2.05) is 12.1 Å². The van der Waals surface area contributed by atoms with E-state index < -0.39 is 0 Å². The van der Waals surface area contributed by atoms with E-state index in [9.17, 15) is 4.79 Å². The Morgan fingerprint density at radius 3 is 1.77 bits per heavy atom. The zero-order chi connectivity index (χ0) is 21.7. The van der Waals surface area contributed by atoms with Gasteiger partial charge < -0.3 is 29.0 Å². The lowest BCUT2D eigenvalue weighted by Crippen LogP contribution is -2.14. The van der Waals surface area contributed by atoms with E-state index in [0.717, 1.165) is 36.8 Å². The average molecular weight is 446 g/mol. The largest absolute Gasteiger partial charge is 0.491 e. The van der Waals surface area contributed by atoms with Crippen molar-refractivity contribution in [1.29, 1.82) is 0 Å². The molecule has 0 heterocycles. The van der Waals surface area contributed by atoms with Gasteiger partial charge >= 0.3 is 0 Å². The van der Waals surface area contributed by atoms with Gasteiger partial charge in [-0.25, -0.2) is 0 Å². The van der Waals surface area contributed by atoms with Crippen molar-refractivity contribution in [2.75, 3.05) is 70.7 Å². The van der Waals surface area contributed by atoms with E-state index in [2.05, 4.69) is 5.32 Å². The quantitative estimate of drug-likeness (QED) is 0.242. The van der Waals surface area contributed by atoms with E-state index in [1.165, 1.54) is 19.8 Å². The van der Waals surface area contributed by atoms with Crippen molar-refractivity contribution in [3.63, 3.8) is 0 Å². The number of benzene rings is 1. The molecule has 0 atom stereocenters. The number of carbonyl (C=O) groups is 1. The van der Waals surface area contributed by atoms with Gasteiger partial charge in [-0.05, 0) is 37.1 Å². The van der Waals surface area contributed by atoms with Crippen LogP contribution in [0, 0.1) is 0 Å². The molecule has 1 aromatic rings. The van der Waals surface area contributed by atoms with Crippen molar-refractivity contribution in [1.82, 2.24) is 0 Å². The Kier molecular flexibility index (Phi) is 17.4. The van der Waals surface area contributed by atoms with E-state index in [0.29, 0.717) is 52.9 Å².